The van der Waals surface area contributed by atoms with Gasteiger partial charge < -0.3 is 10.2 Å². The van der Waals surface area contributed by atoms with Crippen molar-refractivity contribution in [2.75, 3.05) is 0 Å². The molecule has 0 aliphatic carbocycles. The number of aryl methyl sites for hydroxylation is 1. The maximum Gasteiger partial charge on any atom is 0.332 e. The summed E-state index contributed by atoms with van der Waals surface area (Å²) in [6, 6.07) is 4.26. The molecule has 1 aromatic rings. The van der Waals surface area contributed by atoms with Crippen molar-refractivity contribution in [1.29, 1.82) is 0 Å². The van der Waals surface area contributed by atoms with Gasteiger partial charge in [-0.05, 0) is 24.1 Å². The van der Waals surface area contributed by atoms with E-state index in [1.54, 1.807) is 6.92 Å². The Morgan fingerprint density at radius 3 is 2.71 bits per heavy atom. The summed E-state index contributed by atoms with van der Waals surface area (Å²) in [5.74, 6) is -1.61. The van der Waals surface area contributed by atoms with Gasteiger partial charge in [0.2, 0.25) is 0 Å². The third-order valence-electron chi connectivity index (χ3n) is 1.94. The van der Waals surface area contributed by atoms with Crippen LogP contribution in [0.5, 0.6) is 0 Å². The molecule has 0 radical (unpaired) electrons. The molecule has 0 saturated heterocycles. The highest BCUT2D eigenvalue weighted by Gasteiger charge is 2.13. The second-order valence-electron chi connectivity index (χ2n) is 3.14. The first-order valence-electron chi connectivity index (χ1n) is 4.16. The van der Waals surface area contributed by atoms with Gasteiger partial charge in [-0.2, -0.15) is 0 Å². The van der Waals surface area contributed by atoms with Gasteiger partial charge in [-0.3, -0.25) is 0 Å². The van der Waals surface area contributed by atoms with Crippen molar-refractivity contribution < 1.29 is 19.4 Å². The van der Waals surface area contributed by atoms with E-state index in [0.29, 0.717) is 11.1 Å². The van der Waals surface area contributed by atoms with E-state index in [-0.39, 0.29) is 12.2 Å². The molecule has 0 saturated carbocycles. The van der Waals surface area contributed by atoms with E-state index in [9.17, 15) is 9.18 Å². The summed E-state index contributed by atoms with van der Waals surface area (Å²) in [5.41, 5.74) is 1.05. The zero-order valence-electron chi connectivity index (χ0n) is 7.70. The molecule has 3 nitrogen and oxygen atoms in total. The average Bonchev–Trinajstić information content (AvgIpc) is 2.11. The number of carboxylic acids is 1. The van der Waals surface area contributed by atoms with Crippen molar-refractivity contribution in [2.45, 2.75) is 19.4 Å². The molecule has 0 aliphatic rings. The minimum absolute atomic E-state index is 0.00352. The van der Waals surface area contributed by atoms with E-state index in [4.69, 9.17) is 10.2 Å². The van der Waals surface area contributed by atoms with Crippen LogP contribution in [0.25, 0.3) is 0 Å². The monoisotopic (exact) mass is 198 g/mol. The van der Waals surface area contributed by atoms with Crippen molar-refractivity contribution >= 4 is 5.97 Å². The van der Waals surface area contributed by atoms with E-state index in [2.05, 4.69) is 0 Å². The van der Waals surface area contributed by atoms with Crippen LogP contribution in [0.1, 0.15) is 11.1 Å². The quantitative estimate of drug-likeness (QED) is 0.765. The minimum Gasteiger partial charge on any atom is -0.479 e. The molecule has 0 aromatic heterocycles. The molecule has 14 heavy (non-hydrogen) atoms. The average molecular weight is 198 g/mol. The second-order valence-corrected chi connectivity index (χ2v) is 3.14. The third-order valence-corrected chi connectivity index (χ3v) is 1.94. The highest BCUT2D eigenvalue weighted by molar-refractivity contribution is 5.72. The zero-order chi connectivity index (χ0) is 10.7. The molecule has 4 heteroatoms. The topological polar surface area (TPSA) is 57.5 Å². The molecular formula is C10H11FO3. The van der Waals surface area contributed by atoms with Crippen molar-refractivity contribution in [2.24, 2.45) is 0 Å². The standard InChI is InChI=1S/C10H11FO3/c1-6-4-7(2-3-8(6)11)5-9(12)10(13)14/h2-4,9,12H,5H2,1H3,(H,13,14). The van der Waals surface area contributed by atoms with Crippen LogP contribution in [0.2, 0.25) is 0 Å². The van der Waals surface area contributed by atoms with Crippen LogP contribution >= 0.6 is 0 Å². The summed E-state index contributed by atoms with van der Waals surface area (Å²) in [7, 11) is 0. The summed E-state index contributed by atoms with van der Waals surface area (Å²) in [5, 5.41) is 17.5. The van der Waals surface area contributed by atoms with Gasteiger partial charge in [0.15, 0.2) is 6.10 Å². The Morgan fingerprint density at radius 1 is 1.57 bits per heavy atom. The molecule has 1 atom stereocenters. The predicted molar refractivity (Wildman–Crippen MR) is 48.5 cm³/mol. The molecule has 0 fully saturated rings. The predicted octanol–water partition coefficient (Wildman–Crippen LogP) is 1.12. The van der Waals surface area contributed by atoms with Crippen LogP contribution in [-0.4, -0.2) is 22.3 Å². The molecule has 1 rings (SSSR count). The fourth-order valence-electron chi connectivity index (χ4n) is 1.14. The first-order valence-corrected chi connectivity index (χ1v) is 4.16. The Bertz CT molecular complexity index is 349. The number of aliphatic hydroxyl groups is 1. The molecule has 0 heterocycles. The first kappa shape index (κ1) is 10.7. The Morgan fingerprint density at radius 2 is 2.21 bits per heavy atom. The Kier molecular flexibility index (Phi) is 3.19. The van der Waals surface area contributed by atoms with E-state index in [0.717, 1.165) is 0 Å². The SMILES string of the molecule is Cc1cc(CC(O)C(=O)O)ccc1F. The number of hydrogen-bond acceptors (Lipinski definition) is 2. The smallest absolute Gasteiger partial charge is 0.332 e. The summed E-state index contributed by atoms with van der Waals surface area (Å²) in [6.07, 6.45) is -1.43. The summed E-state index contributed by atoms with van der Waals surface area (Å²) in [6.45, 7) is 1.59. The fourth-order valence-corrected chi connectivity index (χ4v) is 1.14. The van der Waals surface area contributed by atoms with E-state index in [1.807, 2.05) is 0 Å². The molecule has 0 bridgehead atoms. The Labute approximate surface area is 80.8 Å². The molecular weight excluding hydrogens is 187 g/mol. The second kappa shape index (κ2) is 4.19. The van der Waals surface area contributed by atoms with E-state index >= 15 is 0 Å². The number of aliphatic hydroxyl groups excluding tert-OH is 1. The minimum atomic E-state index is -1.43. The molecule has 0 aliphatic heterocycles. The summed E-state index contributed by atoms with van der Waals surface area (Å²) in [4.78, 5) is 10.3. The lowest BCUT2D eigenvalue weighted by Gasteiger charge is -2.06. The lowest BCUT2D eigenvalue weighted by atomic mass is 10.1. The summed E-state index contributed by atoms with van der Waals surface area (Å²) >= 11 is 0. The van der Waals surface area contributed by atoms with Crippen molar-refractivity contribution in [3.8, 4) is 0 Å². The summed E-state index contributed by atoms with van der Waals surface area (Å²) < 4.78 is 12.8. The highest BCUT2D eigenvalue weighted by atomic mass is 19.1. The van der Waals surface area contributed by atoms with Gasteiger partial charge in [0, 0.05) is 6.42 Å². The Hall–Kier alpha value is -1.42. The van der Waals surface area contributed by atoms with Gasteiger partial charge in [-0.25, -0.2) is 9.18 Å². The third kappa shape index (κ3) is 2.53. The lowest BCUT2D eigenvalue weighted by molar-refractivity contribution is -0.146. The molecule has 0 spiro atoms. The zero-order valence-corrected chi connectivity index (χ0v) is 7.70. The van der Waals surface area contributed by atoms with Gasteiger partial charge in [0.1, 0.15) is 5.82 Å². The molecule has 76 valence electrons. The number of hydrogen-bond donors (Lipinski definition) is 2. The van der Waals surface area contributed by atoms with Gasteiger partial charge in [-0.1, -0.05) is 12.1 Å². The van der Waals surface area contributed by atoms with Crippen LogP contribution in [0, 0.1) is 12.7 Å². The van der Waals surface area contributed by atoms with Crippen LogP contribution in [0.15, 0.2) is 18.2 Å². The van der Waals surface area contributed by atoms with Crippen molar-refractivity contribution in [3.05, 3.63) is 35.1 Å². The number of carboxylic acid groups (broad SMARTS) is 1. The van der Waals surface area contributed by atoms with Crippen LogP contribution < -0.4 is 0 Å². The van der Waals surface area contributed by atoms with Gasteiger partial charge in [-0.15, -0.1) is 0 Å². The maximum absolute atomic E-state index is 12.8. The van der Waals surface area contributed by atoms with E-state index < -0.39 is 12.1 Å². The number of carbonyl (C=O) groups is 1. The van der Waals surface area contributed by atoms with E-state index in [1.165, 1.54) is 18.2 Å². The van der Waals surface area contributed by atoms with Crippen LogP contribution in [-0.2, 0) is 11.2 Å². The fraction of sp³-hybridized carbons (Fsp3) is 0.300. The largest absolute Gasteiger partial charge is 0.479 e. The molecule has 0 amide bonds. The molecule has 1 aromatic carbocycles. The number of halogens is 1. The number of rotatable bonds is 3. The number of benzene rings is 1. The first-order chi connectivity index (χ1) is 6.50. The Balaban J connectivity index is 2.78. The normalized spacial score (nSPS) is 12.5. The van der Waals surface area contributed by atoms with Gasteiger partial charge in [0.25, 0.3) is 0 Å². The van der Waals surface area contributed by atoms with Gasteiger partial charge >= 0.3 is 5.97 Å². The number of aliphatic carboxylic acids is 1. The van der Waals surface area contributed by atoms with Crippen molar-refractivity contribution in [3.63, 3.8) is 0 Å². The lowest BCUT2D eigenvalue weighted by Crippen LogP contribution is -2.21. The van der Waals surface area contributed by atoms with Crippen LogP contribution in [0.4, 0.5) is 4.39 Å². The van der Waals surface area contributed by atoms with Crippen molar-refractivity contribution in [1.82, 2.24) is 0 Å². The van der Waals surface area contributed by atoms with Gasteiger partial charge in [0.05, 0.1) is 0 Å². The highest BCUT2D eigenvalue weighted by Crippen LogP contribution is 2.11. The molecule has 2 N–H and O–H groups in total. The van der Waals surface area contributed by atoms with Crippen LogP contribution in [0.3, 0.4) is 0 Å². The maximum atomic E-state index is 12.8. The molecule has 1 unspecified atom stereocenters.